The summed E-state index contributed by atoms with van der Waals surface area (Å²) in [6.07, 6.45) is -3.21. The quantitative estimate of drug-likeness (QED) is 0.257. The van der Waals surface area contributed by atoms with E-state index in [-0.39, 0.29) is 17.5 Å². The number of alkyl halides is 3. The van der Waals surface area contributed by atoms with Crippen molar-refractivity contribution in [3.8, 4) is 11.1 Å². The van der Waals surface area contributed by atoms with Crippen molar-refractivity contribution in [3.05, 3.63) is 81.4 Å². The van der Waals surface area contributed by atoms with Gasteiger partial charge in [0.25, 0.3) is 0 Å². The van der Waals surface area contributed by atoms with E-state index in [1.54, 1.807) is 0 Å². The fraction of sp³-hybridized carbons (Fsp3) is 0.514. The molecule has 0 unspecified atom stereocenters. The number of rotatable bonds is 7. The predicted molar refractivity (Wildman–Crippen MR) is 175 cm³/mol. The zero-order chi connectivity index (χ0) is 34.5. The zero-order valence-electron chi connectivity index (χ0n) is 28.3. The van der Waals surface area contributed by atoms with Gasteiger partial charge >= 0.3 is 12.1 Å². The number of carboxylic acids is 1. The first-order chi connectivity index (χ1) is 21.8. The Morgan fingerprint density at radius 3 is 2.30 bits per heavy atom. The number of hydrogen-bond acceptors (Lipinski definition) is 5. The highest BCUT2D eigenvalue weighted by Gasteiger charge is 2.37. The normalized spacial score (nSPS) is 17.8. The summed E-state index contributed by atoms with van der Waals surface area (Å²) in [5.41, 5.74) is 5.38. The molecule has 1 fully saturated rings. The van der Waals surface area contributed by atoms with Crippen LogP contribution in [0.2, 0.25) is 0 Å². The molecule has 2 aliphatic rings. The summed E-state index contributed by atoms with van der Waals surface area (Å²) in [6.45, 7) is 16.5. The van der Waals surface area contributed by atoms with E-state index in [9.17, 15) is 27.5 Å². The van der Waals surface area contributed by atoms with Crippen molar-refractivity contribution in [2.45, 2.75) is 98.7 Å². The van der Waals surface area contributed by atoms with Gasteiger partial charge in [-0.3, -0.25) is 9.88 Å². The highest BCUT2D eigenvalue weighted by atomic mass is 19.4. The Kier molecular flexibility index (Phi) is 9.51. The third-order valence-corrected chi connectivity index (χ3v) is 9.32. The lowest BCUT2D eigenvalue weighted by Crippen LogP contribution is -2.39. The number of benzene rings is 2. The van der Waals surface area contributed by atoms with E-state index in [2.05, 4.69) is 24.8 Å². The van der Waals surface area contributed by atoms with Crippen LogP contribution in [0.1, 0.15) is 92.8 Å². The van der Waals surface area contributed by atoms with Crippen LogP contribution in [0.25, 0.3) is 11.1 Å². The lowest BCUT2D eigenvalue weighted by atomic mass is 9.81. The number of aryl methyl sites for hydroxylation is 2. The minimum Gasteiger partial charge on any atom is -0.479 e. The maximum absolute atomic E-state index is 14.5. The maximum Gasteiger partial charge on any atom is 0.416 e. The molecule has 1 N–H and O–H groups in total. The van der Waals surface area contributed by atoms with Crippen LogP contribution in [0.5, 0.6) is 0 Å². The standard InChI is InChI=1S/C37H45F4N3O3/c1-22-30(32(44-16-13-36(6,7)14-17-44)31(23(2)42-22)33(34(45)46)47-35(3,4)5)25-8-9-26-20-43(15-12-24(26)18-25)21-27-19-28(37(39,40)41)10-11-29(27)38/h8-11,18-19,33H,12-17,20-21H2,1-7H3,(H,45,46)/t33-/m0/s1. The van der Waals surface area contributed by atoms with Gasteiger partial charge in [-0.15, -0.1) is 0 Å². The summed E-state index contributed by atoms with van der Waals surface area (Å²) >= 11 is 0. The van der Waals surface area contributed by atoms with Gasteiger partial charge in [0.15, 0.2) is 6.10 Å². The molecule has 1 saturated heterocycles. The number of aliphatic carboxylic acids is 1. The molecule has 0 saturated carbocycles. The molecule has 6 nitrogen and oxygen atoms in total. The molecule has 3 heterocycles. The van der Waals surface area contributed by atoms with Crippen LogP contribution >= 0.6 is 0 Å². The number of halogens is 4. The molecular weight excluding hydrogens is 610 g/mol. The van der Waals surface area contributed by atoms with Crippen molar-refractivity contribution in [1.82, 2.24) is 9.88 Å². The van der Waals surface area contributed by atoms with E-state index in [0.29, 0.717) is 30.8 Å². The predicted octanol–water partition coefficient (Wildman–Crippen LogP) is 8.65. The van der Waals surface area contributed by atoms with Crippen LogP contribution in [0.3, 0.4) is 0 Å². The van der Waals surface area contributed by atoms with E-state index >= 15 is 0 Å². The van der Waals surface area contributed by atoms with Crippen LogP contribution in [0.4, 0.5) is 23.2 Å². The van der Waals surface area contributed by atoms with E-state index in [1.165, 1.54) is 0 Å². The molecule has 0 bridgehead atoms. The fourth-order valence-electron chi connectivity index (χ4n) is 6.77. The summed E-state index contributed by atoms with van der Waals surface area (Å²) in [6, 6.07) is 8.70. The van der Waals surface area contributed by atoms with E-state index < -0.39 is 35.2 Å². The van der Waals surface area contributed by atoms with Crippen molar-refractivity contribution < 1.29 is 32.2 Å². The van der Waals surface area contributed by atoms with Crippen molar-refractivity contribution >= 4 is 11.7 Å². The molecule has 0 spiro atoms. The lowest BCUT2D eigenvalue weighted by Gasteiger charge is -2.41. The summed E-state index contributed by atoms with van der Waals surface area (Å²) in [5.74, 6) is -1.72. The number of anilines is 1. The highest BCUT2D eigenvalue weighted by Crippen LogP contribution is 2.45. The molecule has 0 amide bonds. The van der Waals surface area contributed by atoms with E-state index in [4.69, 9.17) is 9.72 Å². The van der Waals surface area contributed by atoms with Gasteiger partial charge < -0.3 is 14.7 Å². The summed E-state index contributed by atoms with van der Waals surface area (Å²) in [5, 5.41) is 10.5. The minimum atomic E-state index is -4.54. The van der Waals surface area contributed by atoms with Crippen LogP contribution in [-0.4, -0.2) is 46.2 Å². The molecule has 5 rings (SSSR count). The molecule has 3 aromatic rings. The lowest BCUT2D eigenvalue weighted by molar-refractivity contribution is -0.160. The molecule has 2 aliphatic heterocycles. The van der Waals surface area contributed by atoms with Crippen molar-refractivity contribution in [1.29, 1.82) is 0 Å². The Morgan fingerprint density at radius 1 is 1.00 bits per heavy atom. The van der Waals surface area contributed by atoms with Crippen molar-refractivity contribution in [2.24, 2.45) is 5.41 Å². The van der Waals surface area contributed by atoms with Gasteiger partial charge in [-0.05, 0) is 94.2 Å². The molecule has 254 valence electrons. The Labute approximate surface area is 274 Å². The largest absolute Gasteiger partial charge is 0.479 e. The van der Waals surface area contributed by atoms with Gasteiger partial charge in [0.05, 0.1) is 16.9 Å². The molecule has 10 heteroatoms. The van der Waals surface area contributed by atoms with Gasteiger partial charge in [0.1, 0.15) is 5.82 Å². The van der Waals surface area contributed by atoms with Gasteiger partial charge in [0, 0.05) is 60.8 Å². The topological polar surface area (TPSA) is 65.9 Å². The molecule has 1 atom stereocenters. The summed E-state index contributed by atoms with van der Waals surface area (Å²) in [4.78, 5) is 21.9. The smallest absolute Gasteiger partial charge is 0.416 e. The third kappa shape index (κ3) is 7.81. The SMILES string of the molecule is Cc1nc(C)c([C@H](OC(C)(C)C)C(=O)O)c(N2CCC(C)(C)CC2)c1-c1ccc2c(c1)CCN(Cc1cc(C(F)(F)F)ccc1F)C2. The molecule has 0 radical (unpaired) electrons. The Hall–Kier alpha value is -3.50. The first kappa shape index (κ1) is 34.8. The number of carboxylic acid groups (broad SMARTS) is 1. The number of nitrogens with zero attached hydrogens (tertiary/aromatic N) is 3. The second kappa shape index (κ2) is 12.8. The molecule has 0 aliphatic carbocycles. The first-order valence-electron chi connectivity index (χ1n) is 16.2. The monoisotopic (exact) mass is 655 g/mol. The molecule has 1 aromatic heterocycles. The average molecular weight is 656 g/mol. The number of hydrogen-bond donors (Lipinski definition) is 1. The number of pyridine rings is 1. The number of carbonyl (C=O) groups is 1. The Bertz CT molecular complexity index is 1650. The number of piperidine rings is 1. The van der Waals surface area contributed by atoms with Crippen molar-refractivity contribution in [2.75, 3.05) is 24.5 Å². The second-order valence-corrected chi connectivity index (χ2v) is 14.8. The van der Waals surface area contributed by atoms with E-state index in [1.807, 2.05) is 51.7 Å². The van der Waals surface area contributed by atoms with Crippen LogP contribution in [0, 0.1) is 25.1 Å². The maximum atomic E-state index is 14.5. The Morgan fingerprint density at radius 2 is 1.68 bits per heavy atom. The van der Waals surface area contributed by atoms with Gasteiger partial charge in [-0.2, -0.15) is 13.2 Å². The summed E-state index contributed by atoms with van der Waals surface area (Å²) in [7, 11) is 0. The summed E-state index contributed by atoms with van der Waals surface area (Å²) < 4.78 is 60.6. The second-order valence-electron chi connectivity index (χ2n) is 14.8. The molecular formula is C37H45F4N3O3. The van der Waals surface area contributed by atoms with Crippen LogP contribution in [0.15, 0.2) is 36.4 Å². The van der Waals surface area contributed by atoms with E-state index in [0.717, 1.165) is 77.8 Å². The Balaban J connectivity index is 1.54. The van der Waals surface area contributed by atoms with Gasteiger partial charge in [0.2, 0.25) is 0 Å². The van der Waals surface area contributed by atoms with Crippen LogP contribution < -0.4 is 4.90 Å². The van der Waals surface area contributed by atoms with Crippen LogP contribution in [-0.2, 0) is 35.2 Å². The number of fused-ring (bicyclic) bond motifs is 1. The molecule has 2 aromatic carbocycles. The zero-order valence-corrected chi connectivity index (χ0v) is 28.3. The highest BCUT2D eigenvalue weighted by molar-refractivity contribution is 5.88. The van der Waals surface area contributed by atoms with Gasteiger partial charge in [-0.25, -0.2) is 9.18 Å². The minimum absolute atomic E-state index is 0.0218. The third-order valence-electron chi connectivity index (χ3n) is 9.32. The van der Waals surface area contributed by atoms with Crippen molar-refractivity contribution in [3.63, 3.8) is 0 Å². The number of ether oxygens (including phenoxy) is 1. The molecule has 47 heavy (non-hydrogen) atoms. The fourth-order valence-corrected chi connectivity index (χ4v) is 6.77. The average Bonchev–Trinajstić information content (AvgIpc) is 2.96. The van der Waals surface area contributed by atoms with Gasteiger partial charge in [-0.1, -0.05) is 32.0 Å². The first-order valence-corrected chi connectivity index (χ1v) is 16.2. The number of aromatic nitrogens is 1.